The zero-order valence-corrected chi connectivity index (χ0v) is 21.6. The van der Waals surface area contributed by atoms with Crippen molar-refractivity contribution in [3.05, 3.63) is 41.9 Å². The van der Waals surface area contributed by atoms with Crippen LogP contribution in [0.5, 0.6) is 5.88 Å². The maximum Gasteiger partial charge on any atom is 0.244 e. The Bertz CT molecular complexity index is 1590. The Hall–Kier alpha value is -4.14. The predicted octanol–water partition coefficient (Wildman–Crippen LogP) is 3.01. The van der Waals surface area contributed by atoms with Crippen LogP contribution in [0.15, 0.2) is 30.6 Å². The highest BCUT2D eigenvalue weighted by molar-refractivity contribution is 8.24. The number of likely N-dealkylation sites (N-methyl/N-ethyl adjacent to an activating group) is 1. The van der Waals surface area contributed by atoms with E-state index < -0.39 is 10.6 Å². The number of nitrogens with zero attached hydrogens (tertiary/aromatic N) is 6. The van der Waals surface area contributed by atoms with E-state index in [1.807, 2.05) is 25.1 Å². The monoisotopic (exact) mass is 537 g/mol. The second kappa shape index (κ2) is 9.01. The summed E-state index contributed by atoms with van der Waals surface area (Å²) in [6.45, 7) is 2.74. The van der Waals surface area contributed by atoms with Gasteiger partial charge < -0.3 is 26.0 Å². The minimum absolute atomic E-state index is 0.0235. The van der Waals surface area contributed by atoms with E-state index in [9.17, 15) is 13.9 Å². The highest BCUT2D eigenvalue weighted by Crippen LogP contribution is 2.44. The van der Waals surface area contributed by atoms with Crippen LogP contribution >= 0.6 is 10.6 Å². The van der Waals surface area contributed by atoms with Crippen LogP contribution < -0.4 is 21.1 Å². The van der Waals surface area contributed by atoms with Crippen LogP contribution in [-0.2, 0) is 17.8 Å². The second-order valence-corrected chi connectivity index (χ2v) is 11.5. The molecule has 0 unspecified atom stereocenters. The van der Waals surface area contributed by atoms with Gasteiger partial charge in [-0.15, -0.1) is 10.6 Å². The summed E-state index contributed by atoms with van der Waals surface area (Å²) in [5.41, 5.74) is 10.00. The molecule has 0 saturated heterocycles. The molecule has 0 atom stereocenters. The molecule has 0 aromatic carbocycles. The number of fused-ring (bicyclic) bond motifs is 3. The van der Waals surface area contributed by atoms with E-state index in [1.165, 1.54) is 0 Å². The molecule has 13 nitrogen and oxygen atoms in total. The molecular formula is C24H27N9O4S. The van der Waals surface area contributed by atoms with E-state index in [-0.39, 0.29) is 24.3 Å². The summed E-state index contributed by atoms with van der Waals surface area (Å²) in [5.74, 6) is 1.59. The van der Waals surface area contributed by atoms with Gasteiger partial charge in [0.05, 0.1) is 5.69 Å². The van der Waals surface area contributed by atoms with Gasteiger partial charge >= 0.3 is 0 Å². The summed E-state index contributed by atoms with van der Waals surface area (Å²) in [6.07, 6.45) is 4.02. The number of rotatable bonds is 3. The Morgan fingerprint density at radius 2 is 2.03 bits per heavy atom. The zero-order valence-electron chi connectivity index (χ0n) is 20.8. The van der Waals surface area contributed by atoms with Gasteiger partial charge in [-0.2, -0.15) is 5.10 Å². The van der Waals surface area contributed by atoms with Gasteiger partial charge in [-0.3, -0.25) is 18.6 Å². The number of carbonyl (C=O) groups excluding carboxylic acids is 1. The quantitative estimate of drug-likeness (QED) is 0.260. The van der Waals surface area contributed by atoms with E-state index in [2.05, 4.69) is 30.7 Å². The Morgan fingerprint density at radius 1 is 1.18 bits per heavy atom. The van der Waals surface area contributed by atoms with Crippen LogP contribution in [0.25, 0.3) is 22.0 Å². The minimum atomic E-state index is -2.90. The largest absolute Gasteiger partial charge is 0.455 e. The van der Waals surface area contributed by atoms with Crippen molar-refractivity contribution in [1.82, 2.24) is 29.6 Å². The number of ether oxygens (including phenoxy) is 1. The molecule has 0 saturated carbocycles. The molecule has 14 heteroatoms. The van der Waals surface area contributed by atoms with E-state index >= 15 is 0 Å². The van der Waals surface area contributed by atoms with Gasteiger partial charge in [0, 0.05) is 55.1 Å². The third kappa shape index (κ3) is 4.42. The fourth-order valence-corrected chi connectivity index (χ4v) is 5.32. The van der Waals surface area contributed by atoms with Crippen LogP contribution in [0.2, 0.25) is 0 Å². The lowest BCUT2D eigenvalue weighted by Crippen LogP contribution is -2.29. The molecule has 6 N–H and O–H groups in total. The lowest BCUT2D eigenvalue weighted by Gasteiger charge is -2.28. The van der Waals surface area contributed by atoms with Crippen molar-refractivity contribution in [2.75, 3.05) is 41.8 Å². The molecule has 0 fully saturated rings. The maximum absolute atomic E-state index is 12.2. The third-order valence-corrected chi connectivity index (χ3v) is 7.82. The zero-order chi connectivity index (χ0) is 26.6. The molecule has 0 spiro atoms. The SMILES string of the molecule is Cc1c(-c2cc3cc(Nc4cc5n(n4)CC(=O)N(C)CC5)ncc3c(N)n2)cnc2c1NCS(O)(O)CO2. The van der Waals surface area contributed by atoms with Crippen molar-refractivity contribution in [3.8, 4) is 17.1 Å². The molecule has 4 aromatic heterocycles. The van der Waals surface area contributed by atoms with E-state index in [0.29, 0.717) is 46.6 Å². The summed E-state index contributed by atoms with van der Waals surface area (Å²) in [7, 11) is -1.11. The van der Waals surface area contributed by atoms with Gasteiger partial charge in [-0.1, -0.05) is 0 Å². The van der Waals surface area contributed by atoms with Gasteiger partial charge in [-0.05, 0) is 30.0 Å². The van der Waals surface area contributed by atoms with E-state index in [1.54, 1.807) is 29.0 Å². The van der Waals surface area contributed by atoms with Crippen LogP contribution in [0, 0.1) is 6.92 Å². The number of hydrogen-bond acceptors (Lipinski definition) is 11. The van der Waals surface area contributed by atoms with Crippen molar-refractivity contribution >= 4 is 50.4 Å². The molecule has 4 aromatic rings. The predicted molar refractivity (Wildman–Crippen MR) is 146 cm³/mol. The molecule has 198 valence electrons. The molecule has 6 rings (SSSR count). The fourth-order valence-electron chi connectivity index (χ4n) is 4.56. The number of nitrogen functional groups attached to an aromatic ring is 1. The molecule has 2 aliphatic rings. The molecule has 0 bridgehead atoms. The molecule has 2 aliphatic heterocycles. The number of hydrogen-bond donors (Lipinski definition) is 5. The number of aromatic nitrogens is 5. The van der Waals surface area contributed by atoms with E-state index in [0.717, 1.165) is 28.6 Å². The van der Waals surface area contributed by atoms with Crippen molar-refractivity contribution in [2.45, 2.75) is 19.9 Å². The topological polar surface area (TPSA) is 177 Å². The number of anilines is 4. The highest BCUT2D eigenvalue weighted by atomic mass is 32.3. The molecule has 0 radical (unpaired) electrons. The smallest absolute Gasteiger partial charge is 0.244 e. The van der Waals surface area contributed by atoms with Gasteiger partial charge in [0.25, 0.3) is 0 Å². The van der Waals surface area contributed by atoms with Gasteiger partial charge in [-0.25, -0.2) is 15.0 Å². The first-order chi connectivity index (χ1) is 18.2. The number of pyridine rings is 3. The van der Waals surface area contributed by atoms with Gasteiger partial charge in [0.1, 0.15) is 29.7 Å². The lowest BCUT2D eigenvalue weighted by molar-refractivity contribution is -0.130. The van der Waals surface area contributed by atoms with Gasteiger partial charge in [0.2, 0.25) is 11.8 Å². The average Bonchev–Trinajstić information content (AvgIpc) is 3.09. The maximum atomic E-state index is 12.2. The summed E-state index contributed by atoms with van der Waals surface area (Å²) in [5, 5.41) is 12.3. The number of nitrogens with two attached hydrogens (primary N) is 1. The average molecular weight is 538 g/mol. The normalized spacial score (nSPS) is 17.5. The molecule has 6 heterocycles. The number of carbonyl (C=O) groups is 1. The van der Waals surface area contributed by atoms with Crippen LogP contribution in [-0.4, -0.2) is 70.1 Å². The summed E-state index contributed by atoms with van der Waals surface area (Å²) >= 11 is 0. The van der Waals surface area contributed by atoms with Crippen molar-refractivity contribution in [2.24, 2.45) is 0 Å². The standard InChI is InChI=1S/C24H27N9O4S/c1-13-16(8-27-24-22(13)28-11-38(35,36)12-37-24)18-5-14-6-19(26-9-17(14)23(25)29-18)30-20-7-15-3-4-32(2)21(34)10-33(15)31-20/h5-9,28,35-36H,3-4,10-12H2,1-2H3,(H2,25,29)(H,26,30,31). The summed E-state index contributed by atoms with van der Waals surface area (Å²) in [6, 6.07) is 5.69. The van der Waals surface area contributed by atoms with Crippen molar-refractivity contribution < 1.29 is 18.6 Å². The first kappa shape index (κ1) is 24.2. The minimum Gasteiger partial charge on any atom is -0.455 e. The highest BCUT2D eigenvalue weighted by Gasteiger charge is 2.24. The van der Waals surface area contributed by atoms with Crippen LogP contribution in [0.1, 0.15) is 11.3 Å². The van der Waals surface area contributed by atoms with Crippen LogP contribution in [0.3, 0.4) is 0 Å². The Kier molecular flexibility index (Phi) is 5.74. The summed E-state index contributed by atoms with van der Waals surface area (Å²) < 4.78 is 27.3. The molecule has 38 heavy (non-hydrogen) atoms. The molecular weight excluding hydrogens is 510 g/mol. The van der Waals surface area contributed by atoms with Crippen molar-refractivity contribution in [3.63, 3.8) is 0 Å². The Balaban J connectivity index is 1.32. The number of amides is 1. The Labute approximate surface area is 219 Å². The third-order valence-electron chi connectivity index (χ3n) is 6.72. The Morgan fingerprint density at radius 3 is 2.87 bits per heavy atom. The van der Waals surface area contributed by atoms with E-state index in [4.69, 9.17) is 10.5 Å². The fraction of sp³-hybridized carbons (Fsp3) is 0.292. The van der Waals surface area contributed by atoms with Crippen LogP contribution in [0.4, 0.5) is 23.1 Å². The molecule has 1 amide bonds. The molecule has 0 aliphatic carbocycles. The summed E-state index contributed by atoms with van der Waals surface area (Å²) in [4.78, 5) is 27.3. The van der Waals surface area contributed by atoms with Crippen molar-refractivity contribution in [1.29, 1.82) is 0 Å². The number of nitrogens with one attached hydrogen (secondary N) is 2. The first-order valence-corrected chi connectivity index (χ1v) is 13.8. The first-order valence-electron chi connectivity index (χ1n) is 11.9. The lowest BCUT2D eigenvalue weighted by atomic mass is 10.0. The second-order valence-electron chi connectivity index (χ2n) is 9.41. The van der Waals surface area contributed by atoms with Gasteiger partial charge in [0.15, 0.2) is 11.8 Å².